The first-order chi connectivity index (χ1) is 11.4. The lowest BCUT2D eigenvalue weighted by atomic mass is 10.1. The molecule has 0 radical (unpaired) electrons. The Hall–Kier alpha value is -2.41. The van der Waals surface area contributed by atoms with Gasteiger partial charge in [0, 0.05) is 19.5 Å². The highest BCUT2D eigenvalue weighted by Crippen LogP contribution is 2.34. The first-order valence-corrected chi connectivity index (χ1v) is 8.54. The molecule has 0 saturated carbocycles. The Morgan fingerprint density at radius 2 is 1.83 bits per heavy atom. The molecule has 0 bridgehead atoms. The summed E-state index contributed by atoms with van der Waals surface area (Å²) in [6.45, 7) is 4.15. The van der Waals surface area contributed by atoms with Gasteiger partial charge in [0.1, 0.15) is 5.82 Å². The summed E-state index contributed by atoms with van der Waals surface area (Å²) < 4.78 is 0. The maximum atomic E-state index is 5.81. The Bertz CT molecular complexity index is 880. The first kappa shape index (κ1) is 16.4. The van der Waals surface area contributed by atoms with E-state index in [2.05, 4.69) is 34.0 Å². The molecular formula is C17H20N6S. The monoisotopic (exact) mass is 340 g/mol. The minimum atomic E-state index is 0.0158. The van der Waals surface area contributed by atoms with E-state index in [0.717, 1.165) is 10.5 Å². The zero-order valence-corrected chi connectivity index (χ0v) is 15.0. The molecule has 7 heteroatoms. The van der Waals surface area contributed by atoms with Gasteiger partial charge < -0.3 is 10.6 Å². The molecule has 0 aliphatic heterocycles. The van der Waals surface area contributed by atoms with Crippen LogP contribution in [0.5, 0.6) is 0 Å². The molecule has 0 saturated heterocycles. The summed E-state index contributed by atoms with van der Waals surface area (Å²) in [7, 11) is 3.76. The molecule has 2 aromatic heterocycles. The van der Waals surface area contributed by atoms with Crippen molar-refractivity contribution in [1.82, 2.24) is 19.9 Å². The fourth-order valence-corrected chi connectivity index (χ4v) is 3.36. The molecule has 24 heavy (non-hydrogen) atoms. The van der Waals surface area contributed by atoms with Crippen LogP contribution >= 0.6 is 11.8 Å². The Labute approximate surface area is 145 Å². The van der Waals surface area contributed by atoms with E-state index >= 15 is 0 Å². The van der Waals surface area contributed by atoms with Gasteiger partial charge in [-0.15, -0.1) is 0 Å². The number of nitrogens with zero attached hydrogens (tertiary/aromatic N) is 5. The van der Waals surface area contributed by atoms with Crippen LogP contribution in [0.1, 0.15) is 23.6 Å². The Morgan fingerprint density at radius 1 is 1.08 bits per heavy atom. The molecule has 124 valence electrons. The normalized spacial score (nSPS) is 12.3. The zero-order valence-electron chi connectivity index (χ0n) is 14.2. The van der Waals surface area contributed by atoms with E-state index < -0.39 is 0 Å². The summed E-state index contributed by atoms with van der Waals surface area (Å²) >= 11 is 1.62. The van der Waals surface area contributed by atoms with Crippen LogP contribution in [0.3, 0.4) is 0 Å². The first-order valence-electron chi connectivity index (χ1n) is 7.66. The second-order valence-corrected chi connectivity index (χ2v) is 7.16. The van der Waals surface area contributed by atoms with E-state index in [-0.39, 0.29) is 11.2 Å². The number of nitrogen functional groups attached to an aromatic ring is 1. The lowest BCUT2D eigenvalue weighted by Crippen LogP contribution is -2.16. The molecule has 0 aliphatic rings. The van der Waals surface area contributed by atoms with Gasteiger partial charge in [0.2, 0.25) is 11.9 Å². The molecular weight excluding hydrogens is 320 g/mol. The zero-order chi connectivity index (χ0) is 17.3. The van der Waals surface area contributed by atoms with Crippen molar-refractivity contribution in [2.75, 3.05) is 24.7 Å². The third-order valence-corrected chi connectivity index (χ3v) is 4.63. The Kier molecular flexibility index (Phi) is 4.53. The van der Waals surface area contributed by atoms with Crippen LogP contribution in [0.2, 0.25) is 0 Å². The highest BCUT2D eigenvalue weighted by atomic mass is 32.2. The average molecular weight is 340 g/mol. The van der Waals surface area contributed by atoms with Crippen LogP contribution in [0.25, 0.3) is 10.9 Å². The van der Waals surface area contributed by atoms with Crippen molar-refractivity contribution in [3.8, 4) is 0 Å². The topological polar surface area (TPSA) is 80.8 Å². The second kappa shape index (κ2) is 6.60. The number of aryl methyl sites for hydroxylation is 1. The van der Waals surface area contributed by atoms with Crippen molar-refractivity contribution >= 4 is 34.6 Å². The van der Waals surface area contributed by atoms with E-state index in [9.17, 15) is 0 Å². The Morgan fingerprint density at radius 3 is 2.58 bits per heavy atom. The standard InChI is InChI=1S/C17H20N6S/c1-10-9-14(19-13-8-6-5-7-12(10)13)24-11(2)15-20-16(18)22-17(21-15)23(3)4/h5-9,11H,1-4H3,(H2,18,20,21,22)/t11-/m1/s1. The number of fused-ring (bicyclic) bond motifs is 1. The van der Waals surface area contributed by atoms with Crippen molar-refractivity contribution in [1.29, 1.82) is 0 Å². The van der Waals surface area contributed by atoms with Crippen molar-refractivity contribution < 1.29 is 0 Å². The fourth-order valence-electron chi connectivity index (χ4n) is 2.39. The van der Waals surface area contributed by atoms with E-state index in [0.29, 0.717) is 11.8 Å². The maximum absolute atomic E-state index is 5.81. The lowest BCUT2D eigenvalue weighted by molar-refractivity contribution is 0.863. The van der Waals surface area contributed by atoms with Crippen LogP contribution in [0.15, 0.2) is 35.4 Å². The molecule has 0 unspecified atom stereocenters. The molecule has 2 N–H and O–H groups in total. The predicted octanol–water partition coefficient (Wildman–Crippen LogP) is 3.23. The highest BCUT2D eigenvalue weighted by molar-refractivity contribution is 7.99. The van der Waals surface area contributed by atoms with Gasteiger partial charge in [0.15, 0.2) is 0 Å². The number of benzene rings is 1. The van der Waals surface area contributed by atoms with Crippen LogP contribution in [0.4, 0.5) is 11.9 Å². The number of thioether (sulfide) groups is 1. The summed E-state index contributed by atoms with van der Waals surface area (Å²) in [5.74, 6) is 1.45. The number of pyridine rings is 1. The number of aromatic nitrogens is 4. The summed E-state index contributed by atoms with van der Waals surface area (Å²) in [6, 6.07) is 10.3. The van der Waals surface area contributed by atoms with Gasteiger partial charge in [-0.05, 0) is 31.5 Å². The van der Waals surface area contributed by atoms with E-state index in [4.69, 9.17) is 10.7 Å². The van der Waals surface area contributed by atoms with Crippen LogP contribution in [-0.2, 0) is 0 Å². The molecule has 6 nitrogen and oxygen atoms in total. The van der Waals surface area contributed by atoms with Gasteiger partial charge >= 0.3 is 0 Å². The molecule has 2 heterocycles. The molecule has 3 rings (SSSR count). The summed E-state index contributed by atoms with van der Waals surface area (Å²) in [5, 5.41) is 2.14. The lowest BCUT2D eigenvalue weighted by Gasteiger charge is -2.15. The Balaban J connectivity index is 1.91. The van der Waals surface area contributed by atoms with Gasteiger partial charge in [-0.25, -0.2) is 4.98 Å². The van der Waals surface area contributed by atoms with E-state index in [1.54, 1.807) is 11.8 Å². The molecule has 0 amide bonds. The number of hydrogen-bond donors (Lipinski definition) is 1. The summed E-state index contributed by atoms with van der Waals surface area (Å²) in [4.78, 5) is 19.4. The molecule has 1 aromatic carbocycles. The van der Waals surface area contributed by atoms with Gasteiger partial charge in [-0.3, -0.25) is 0 Å². The summed E-state index contributed by atoms with van der Waals surface area (Å²) in [5.41, 5.74) is 8.02. The highest BCUT2D eigenvalue weighted by Gasteiger charge is 2.16. The van der Waals surface area contributed by atoms with E-state index in [1.165, 1.54) is 10.9 Å². The fraction of sp³-hybridized carbons (Fsp3) is 0.294. The van der Waals surface area contributed by atoms with Crippen molar-refractivity contribution in [2.45, 2.75) is 24.1 Å². The smallest absolute Gasteiger partial charge is 0.229 e. The van der Waals surface area contributed by atoms with Gasteiger partial charge in [-0.2, -0.15) is 15.0 Å². The van der Waals surface area contributed by atoms with Crippen LogP contribution in [-0.4, -0.2) is 34.0 Å². The van der Waals surface area contributed by atoms with Gasteiger partial charge in [0.05, 0.1) is 15.8 Å². The third kappa shape index (κ3) is 3.41. The summed E-state index contributed by atoms with van der Waals surface area (Å²) in [6.07, 6.45) is 0. The molecule has 0 fully saturated rings. The molecule has 0 spiro atoms. The van der Waals surface area contributed by atoms with Crippen molar-refractivity contribution in [3.05, 3.63) is 41.7 Å². The number of para-hydroxylation sites is 1. The second-order valence-electron chi connectivity index (χ2n) is 5.80. The number of nitrogens with two attached hydrogens (primary N) is 1. The van der Waals surface area contributed by atoms with Crippen molar-refractivity contribution in [3.63, 3.8) is 0 Å². The quantitative estimate of drug-likeness (QED) is 0.730. The molecule has 3 aromatic rings. The van der Waals surface area contributed by atoms with Gasteiger partial charge in [-0.1, -0.05) is 30.0 Å². The minimum Gasteiger partial charge on any atom is -0.368 e. The average Bonchev–Trinajstić information content (AvgIpc) is 2.54. The third-order valence-electron chi connectivity index (χ3n) is 3.62. The van der Waals surface area contributed by atoms with Crippen LogP contribution < -0.4 is 10.6 Å². The SMILES string of the molecule is Cc1cc(S[C@H](C)c2nc(N)nc(N(C)C)n2)nc2ccccc12. The van der Waals surface area contributed by atoms with E-state index in [1.807, 2.05) is 44.1 Å². The molecule has 0 aliphatic carbocycles. The maximum Gasteiger partial charge on any atom is 0.229 e. The number of hydrogen-bond acceptors (Lipinski definition) is 7. The number of anilines is 2. The minimum absolute atomic E-state index is 0.0158. The van der Waals surface area contributed by atoms with Gasteiger partial charge in [0.25, 0.3) is 0 Å². The predicted molar refractivity (Wildman–Crippen MR) is 99.3 cm³/mol. The number of rotatable bonds is 4. The van der Waals surface area contributed by atoms with Crippen LogP contribution in [0, 0.1) is 6.92 Å². The van der Waals surface area contributed by atoms with Crippen molar-refractivity contribution in [2.24, 2.45) is 0 Å². The molecule has 1 atom stereocenters. The largest absolute Gasteiger partial charge is 0.368 e.